The minimum atomic E-state index is 0.794. The molecular formula is C19H19BrN2. The second kappa shape index (κ2) is 6.59. The quantitative estimate of drug-likeness (QED) is 0.687. The van der Waals surface area contributed by atoms with Gasteiger partial charge in [0.1, 0.15) is 0 Å². The number of hydrogen-bond donors (Lipinski definition) is 0. The first-order valence-electron chi connectivity index (χ1n) is 7.42. The van der Waals surface area contributed by atoms with Gasteiger partial charge in [0, 0.05) is 21.8 Å². The Balaban J connectivity index is 2.41. The van der Waals surface area contributed by atoms with Crippen molar-refractivity contribution in [3.8, 4) is 0 Å². The van der Waals surface area contributed by atoms with Crippen LogP contribution in [0.1, 0.15) is 0 Å². The van der Waals surface area contributed by atoms with Gasteiger partial charge in [-0.2, -0.15) is 0 Å². The maximum absolute atomic E-state index is 4.92. The highest BCUT2D eigenvalue weighted by molar-refractivity contribution is 9.10. The number of hydrogen-bond acceptors (Lipinski definition) is 2. The van der Waals surface area contributed by atoms with Gasteiger partial charge in [0.25, 0.3) is 0 Å². The molecule has 112 valence electrons. The summed E-state index contributed by atoms with van der Waals surface area (Å²) in [4.78, 5) is 7.08. The highest BCUT2D eigenvalue weighted by atomic mass is 79.9. The lowest BCUT2D eigenvalue weighted by Gasteiger charge is -2.05. The third-order valence-electron chi connectivity index (χ3n) is 3.75. The smallest absolute Gasteiger partial charge is 0.0731 e. The van der Waals surface area contributed by atoms with Gasteiger partial charge in [-0.1, -0.05) is 64.5 Å². The first-order valence-corrected chi connectivity index (χ1v) is 8.21. The fourth-order valence-corrected chi connectivity index (χ4v) is 3.22. The van der Waals surface area contributed by atoms with Crippen LogP contribution in [0.25, 0.3) is 21.5 Å². The van der Waals surface area contributed by atoms with E-state index in [-0.39, 0.29) is 0 Å². The van der Waals surface area contributed by atoms with Crippen LogP contribution in [0.15, 0.2) is 64.1 Å². The highest BCUT2D eigenvalue weighted by Gasteiger charge is 2.04. The number of benzene rings is 2. The normalized spacial score (nSPS) is 12.5. The average Bonchev–Trinajstić information content (AvgIpc) is 2.63. The molecule has 0 bridgehead atoms. The summed E-state index contributed by atoms with van der Waals surface area (Å²) >= 11 is 3.72. The molecule has 0 heterocycles. The molecule has 0 aliphatic carbocycles. The third kappa shape index (κ3) is 3.06. The molecule has 0 N–H and O–H groups in total. The molecule has 0 unspecified atom stereocenters. The summed E-state index contributed by atoms with van der Waals surface area (Å²) in [5.41, 5.74) is 0. The van der Waals surface area contributed by atoms with Gasteiger partial charge >= 0.3 is 0 Å². The summed E-state index contributed by atoms with van der Waals surface area (Å²) in [5, 5.41) is 5.87. The van der Waals surface area contributed by atoms with E-state index in [1.165, 1.54) is 21.5 Å². The standard InChI is InChI=1S/C19H19BrN2/c1-22(2)12-11-21-19-15-8-4-3-7-14(15)13-18(20)16-9-5-6-10-17(16)19/h3-10,13H,11-12H2,1-2H3/b21-19+. The number of rotatable bonds is 3. The Bertz CT molecular complexity index is 885. The summed E-state index contributed by atoms with van der Waals surface area (Å²) in [7, 11) is 4.15. The van der Waals surface area contributed by atoms with E-state index in [0.29, 0.717) is 0 Å². The molecule has 0 saturated carbocycles. The highest BCUT2D eigenvalue weighted by Crippen LogP contribution is 2.24. The Kier molecular flexibility index (Phi) is 4.55. The molecule has 3 aromatic rings. The van der Waals surface area contributed by atoms with Crippen LogP contribution in [-0.4, -0.2) is 32.1 Å². The van der Waals surface area contributed by atoms with E-state index in [1.807, 2.05) is 0 Å². The van der Waals surface area contributed by atoms with Crippen molar-refractivity contribution in [3.05, 3.63) is 64.4 Å². The van der Waals surface area contributed by atoms with Crippen LogP contribution < -0.4 is 5.36 Å². The zero-order chi connectivity index (χ0) is 15.5. The second-order valence-electron chi connectivity index (χ2n) is 5.66. The van der Waals surface area contributed by atoms with Crippen molar-refractivity contribution in [1.82, 2.24) is 4.90 Å². The molecule has 0 radical (unpaired) electrons. The van der Waals surface area contributed by atoms with E-state index in [2.05, 4.69) is 89.5 Å². The zero-order valence-electron chi connectivity index (χ0n) is 12.9. The van der Waals surface area contributed by atoms with E-state index in [9.17, 15) is 0 Å². The lowest BCUT2D eigenvalue weighted by molar-refractivity contribution is 0.419. The summed E-state index contributed by atoms with van der Waals surface area (Å²) in [6.45, 7) is 1.74. The van der Waals surface area contributed by atoms with Crippen molar-refractivity contribution in [2.24, 2.45) is 4.99 Å². The third-order valence-corrected chi connectivity index (χ3v) is 4.41. The van der Waals surface area contributed by atoms with Gasteiger partial charge < -0.3 is 4.90 Å². The number of fused-ring (bicyclic) bond motifs is 2. The van der Waals surface area contributed by atoms with Crippen LogP contribution in [0.3, 0.4) is 0 Å². The van der Waals surface area contributed by atoms with Crippen molar-refractivity contribution in [1.29, 1.82) is 0 Å². The topological polar surface area (TPSA) is 15.6 Å². The SMILES string of the molecule is CN(C)CC/N=c1\c2ccccc2cc(Br)c2ccccc12. The van der Waals surface area contributed by atoms with E-state index < -0.39 is 0 Å². The lowest BCUT2D eigenvalue weighted by atomic mass is 10.1. The largest absolute Gasteiger partial charge is 0.308 e. The summed E-state index contributed by atoms with van der Waals surface area (Å²) in [6.07, 6.45) is 0. The summed E-state index contributed by atoms with van der Waals surface area (Å²) in [5.74, 6) is 0. The number of halogens is 1. The molecule has 0 aromatic heterocycles. The molecular weight excluding hydrogens is 336 g/mol. The van der Waals surface area contributed by atoms with Crippen molar-refractivity contribution in [2.75, 3.05) is 27.2 Å². The molecule has 0 saturated heterocycles. The first kappa shape index (κ1) is 15.2. The monoisotopic (exact) mass is 354 g/mol. The molecule has 2 nitrogen and oxygen atoms in total. The predicted octanol–water partition coefficient (Wildman–Crippen LogP) is 4.22. The molecule has 22 heavy (non-hydrogen) atoms. The Labute approximate surface area is 139 Å². The van der Waals surface area contributed by atoms with Crippen LogP contribution in [0.2, 0.25) is 0 Å². The first-order chi connectivity index (χ1) is 10.7. The Morgan fingerprint density at radius 3 is 2.27 bits per heavy atom. The molecule has 3 rings (SSSR count). The van der Waals surface area contributed by atoms with Gasteiger partial charge in [-0.25, -0.2) is 0 Å². The van der Waals surface area contributed by atoms with Crippen LogP contribution >= 0.6 is 15.9 Å². The zero-order valence-corrected chi connectivity index (χ0v) is 14.5. The van der Waals surface area contributed by atoms with Crippen LogP contribution in [0, 0.1) is 0 Å². The molecule has 3 heteroatoms. The van der Waals surface area contributed by atoms with E-state index >= 15 is 0 Å². The van der Waals surface area contributed by atoms with Gasteiger partial charge in [-0.3, -0.25) is 4.99 Å². The van der Waals surface area contributed by atoms with E-state index in [4.69, 9.17) is 4.99 Å². The Hall–Kier alpha value is -1.71. The minimum Gasteiger partial charge on any atom is -0.308 e. The summed E-state index contributed by atoms with van der Waals surface area (Å²) < 4.78 is 1.10. The Morgan fingerprint density at radius 2 is 1.55 bits per heavy atom. The second-order valence-corrected chi connectivity index (χ2v) is 6.51. The molecule has 0 amide bonds. The van der Waals surface area contributed by atoms with Crippen molar-refractivity contribution < 1.29 is 0 Å². The van der Waals surface area contributed by atoms with Gasteiger partial charge in [-0.15, -0.1) is 0 Å². The average molecular weight is 355 g/mol. The van der Waals surface area contributed by atoms with E-state index in [1.54, 1.807) is 0 Å². The number of likely N-dealkylation sites (N-methyl/N-ethyl adjacent to an activating group) is 1. The molecule has 0 atom stereocenters. The maximum atomic E-state index is 4.92. The Morgan fingerprint density at radius 1 is 0.909 bits per heavy atom. The minimum absolute atomic E-state index is 0.794. The maximum Gasteiger partial charge on any atom is 0.0731 e. The van der Waals surface area contributed by atoms with Gasteiger partial charge in [-0.05, 0) is 30.9 Å². The fraction of sp³-hybridized carbons (Fsp3) is 0.211. The molecule has 3 aromatic carbocycles. The van der Waals surface area contributed by atoms with Gasteiger partial charge in [0.2, 0.25) is 0 Å². The van der Waals surface area contributed by atoms with Crippen molar-refractivity contribution >= 4 is 37.5 Å². The summed E-state index contributed by atoms with van der Waals surface area (Å²) in [6, 6.07) is 19.1. The molecule has 0 spiro atoms. The lowest BCUT2D eigenvalue weighted by Crippen LogP contribution is -2.17. The van der Waals surface area contributed by atoms with Crippen molar-refractivity contribution in [3.63, 3.8) is 0 Å². The fourth-order valence-electron chi connectivity index (χ4n) is 2.63. The van der Waals surface area contributed by atoms with Gasteiger partial charge in [0.15, 0.2) is 0 Å². The number of nitrogens with zero attached hydrogens (tertiary/aromatic N) is 2. The molecule has 0 aliphatic rings. The van der Waals surface area contributed by atoms with Crippen LogP contribution in [0.5, 0.6) is 0 Å². The predicted molar refractivity (Wildman–Crippen MR) is 98.1 cm³/mol. The molecule has 0 aliphatic heterocycles. The molecule has 0 fully saturated rings. The van der Waals surface area contributed by atoms with Crippen LogP contribution in [0.4, 0.5) is 0 Å². The van der Waals surface area contributed by atoms with Crippen LogP contribution in [-0.2, 0) is 0 Å². The van der Waals surface area contributed by atoms with Crippen molar-refractivity contribution in [2.45, 2.75) is 0 Å². The van der Waals surface area contributed by atoms with Gasteiger partial charge in [0.05, 0.1) is 11.9 Å². The van der Waals surface area contributed by atoms with E-state index in [0.717, 1.165) is 22.9 Å².